The molecule has 1 amide bonds. The molecular formula is C19H17N3O2. The van der Waals surface area contributed by atoms with Crippen molar-refractivity contribution in [2.75, 3.05) is 12.4 Å². The van der Waals surface area contributed by atoms with E-state index in [0.717, 1.165) is 16.8 Å². The molecule has 1 aromatic heterocycles. The molecule has 0 atom stereocenters. The predicted molar refractivity (Wildman–Crippen MR) is 92.6 cm³/mol. The van der Waals surface area contributed by atoms with Gasteiger partial charge < -0.3 is 10.1 Å². The molecule has 0 unspecified atom stereocenters. The van der Waals surface area contributed by atoms with Crippen LogP contribution in [0.3, 0.4) is 0 Å². The molecular weight excluding hydrogens is 302 g/mol. The van der Waals surface area contributed by atoms with Crippen LogP contribution >= 0.6 is 0 Å². The van der Waals surface area contributed by atoms with E-state index in [1.165, 1.54) is 0 Å². The molecule has 0 aliphatic heterocycles. The third kappa shape index (κ3) is 3.64. The molecule has 5 heteroatoms. The highest BCUT2D eigenvalue weighted by atomic mass is 16.5. The van der Waals surface area contributed by atoms with Gasteiger partial charge in [0.05, 0.1) is 12.3 Å². The van der Waals surface area contributed by atoms with Crippen LogP contribution < -0.4 is 5.32 Å². The molecule has 0 saturated heterocycles. The van der Waals surface area contributed by atoms with Gasteiger partial charge in [-0.25, -0.2) is 0 Å². The zero-order valence-corrected chi connectivity index (χ0v) is 13.3. The molecule has 5 nitrogen and oxygen atoms in total. The summed E-state index contributed by atoms with van der Waals surface area (Å²) < 4.78 is 5.13. The second-order valence-corrected chi connectivity index (χ2v) is 5.21. The number of benzene rings is 2. The van der Waals surface area contributed by atoms with Gasteiger partial charge in [-0.3, -0.25) is 4.79 Å². The molecule has 1 heterocycles. The number of nitrogens with zero attached hydrogens (tertiary/aromatic N) is 2. The Morgan fingerprint density at radius 3 is 2.42 bits per heavy atom. The first kappa shape index (κ1) is 15.8. The van der Waals surface area contributed by atoms with Crippen LogP contribution in [0.1, 0.15) is 15.9 Å². The lowest BCUT2D eigenvalue weighted by atomic mass is 10.1. The number of aromatic nitrogens is 2. The monoisotopic (exact) mass is 319 g/mol. The average Bonchev–Trinajstić information content (AvgIpc) is 2.64. The number of carbonyl (C=O) groups excluding carboxylic acids is 1. The van der Waals surface area contributed by atoms with Crippen molar-refractivity contribution in [3.8, 4) is 11.3 Å². The largest absolute Gasteiger partial charge is 0.380 e. The summed E-state index contributed by atoms with van der Waals surface area (Å²) in [4.78, 5) is 12.4. The van der Waals surface area contributed by atoms with Gasteiger partial charge in [-0.05, 0) is 23.8 Å². The first-order valence-electron chi connectivity index (χ1n) is 7.55. The quantitative estimate of drug-likeness (QED) is 0.781. The highest BCUT2D eigenvalue weighted by Crippen LogP contribution is 2.17. The number of rotatable bonds is 5. The highest BCUT2D eigenvalue weighted by Gasteiger charge is 2.12. The lowest BCUT2D eigenvalue weighted by Gasteiger charge is -2.09. The normalized spacial score (nSPS) is 10.4. The summed E-state index contributed by atoms with van der Waals surface area (Å²) in [6, 6.07) is 20.6. The molecule has 3 rings (SSSR count). The molecule has 0 saturated carbocycles. The average molecular weight is 319 g/mol. The summed E-state index contributed by atoms with van der Waals surface area (Å²) in [5.41, 5.74) is 3.13. The maximum Gasteiger partial charge on any atom is 0.257 e. The summed E-state index contributed by atoms with van der Waals surface area (Å²) in [5.74, 6) is 0.177. The fourth-order valence-electron chi connectivity index (χ4n) is 2.37. The van der Waals surface area contributed by atoms with Crippen molar-refractivity contribution in [1.82, 2.24) is 10.2 Å². The van der Waals surface area contributed by atoms with Crippen molar-refractivity contribution in [1.29, 1.82) is 0 Å². The number of amides is 1. The van der Waals surface area contributed by atoms with Crippen molar-refractivity contribution in [3.05, 3.63) is 77.9 Å². The van der Waals surface area contributed by atoms with Gasteiger partial charge in [0.1, 0.15) is 0 Å². The smallest absolute Gasteiger partial charge is 0.257 e. The van der Waals surface area contributed by atoms with Crippen LogP contribution in [0, 0.1) is 0 Å². The van der Waals surface area contributed by atoms with Crippen LogP contribution in [-0.2, 0) is 11.3 Å². The lowest BCUT2D eigenvalue weighted by molar-refractivity contribution is 0.102. The minimum atomic E-state index is -0.232. The Morgan fingerprint density at radius 2 is 1.71 bits per heavy atom. The van der Waals surface area contributed by atoms with Gasteiger partial charge in [-0.1, -0.05) is 48.5 Å². The Kier molecular flexibility index (Phi) is 4.93. The maximum absolute atomic E-state index is 12.4. The zero-order valence-electron chi connectivity index (χ0n) is 13.3. The number of anilines is 1. The second kappa shape index (κ2) is 7.48. The summed E-state index contributed by atoms with van der Waals surface area (Å²) in [7, 11) is 1.60. The minimum Gasteiger partial charge on any atom is -0.380 e. The molecule has 0 aliphatic carbocycles. The lowest BCUT2D eigenvalue weighted by Crippen LogP contribution is -2.15. The van der Waals surface area contributed by atoms with Crippen LogP contribution in [0.25, 0.3) is 11.3 Å². The number of nitrogens with one attached hydrogen (secondary N) is 1. The Morgan fingerprint density at radius 1 is 0.958 bits per heavy atom. The van der Waals surface area contributed by atoms with Crippen molar-refractivity contribution in [2.24, 2.45) is 0 Å². The van der Waals surface area contributed by atoms with E-state index in [1.807, 2.05) is 54.6 Å². The van der Waals surface area contributed by atoms with Gasteiger partial charge in [0.15, 0.2) is 5.82 Å². The third-order valence-corrected chi connectivity index (χ3v) is 3.54. The van der Waals surface area contributed by atoms with Crippen LogP contribution in [0.5, 0.6) is 0 Å². The molecule has 3 aromatic rings. The van der Waals surface area contributed by atoms with Gasteiger partial charge >= 0.3 is 0 Å². The topological polar surface area (TPSA) is 64.1 Å². The first-order valence-corrected chi connectivity index (χ1v) is 7.55. The van der Waals surface area contributed by atoms with Crippen LogP contribution in [0.2, 0.25) is 0 Å². The Balaban J connectivity index is 1.76. The van der Waals surface area contributed by atoms with E-state index in [4.69, 9.17) is 4.74 Å². The maximum atomic E-state index is 12.4. The van der Waals surface area contributed by atoms with Crippen LogP contribution in [0.15, 0.2) is 66.7 Å². The molecule has 0 fully saturated rings. The SMILES string of the molecule is COCc1ccccc1C(=O)Nc1ccc(-c2ccccc2)nn1. The fourth-order valence-corrected chi connectivity index (χ4v) is 2.37. The van der Waals surface area contributed by atoms with Crippen LogP contribution in [0.4, 0.5) is 5.82 Å². The zero-order chi connectivity index (χ0) is 16.8. The predicted octanol–water partition coefficient (Wildman–Crippen LogP) is 3.54. The van der Waals surface area contributed by atoms with Gasteiger partial charge in [-0.2, -0.15) is 0 Å². The van der Waals surface area contributed by atoms with Gasteiger partial charge in [-0.15, -0.1) is 10.2 Å². The number of methoxy groups -OCH3 is 1. The summed E-state index contributed by atoms with van der Waals surface area (Å²) in [5, 5.41) is 11.0. The Bertz CT molecular complexity index is 818. The molecule has 2 aromatic carbocycles. The molecule has 1 N–H and O–H groups in total. The van der Waals surface area contributed by atoms with E-state index in [2.05, 4.69) is 15.5 Å². The third-order valence-electron chi connectivity index (χ3n) is 3.54. The summed E-state index contributed by atoms with van der Waals surface area (Å²) in [6.07, 6.45) is 0. The van der Waals surface area contributed by atoms with Crippen molar-refractivity contribution < 1.29 is 9.53 Å². The van der Waals surface area contributed by atoms with E-state index in [-0.39, 0.29) is 5.91 Å². The number of ether oxygens (including phenoxy) is 1. The highest BCUT2D eigenvalue weighted by molar-refractivity contribution is 6.04. The minimum absolute atomic E-state index is 0.232. The summed E-state index contributed by atoms with van der Waals surface area (Å²) in [6.45, 7) is 0.377. The van der Waals surface area contributed by atoms with E-state index >= 15 is 0 Å². The van der Waals surface area contributed by atoms with Crippen molar-refractivity contribution in [3.63, 3.8) is 0 Å². The number of carbonyl (C=O) groups is 1. The molecule has 0 bridgehead atoms. The molecule has 0 radical (unpaired) electrons. The van der Waals surface area contributed by atoms with E-state index in [1.54, 1.807) is 19.2 Å². The first-order chi connectivity index (χ1) is 11.8. The molecule has 0 aliphatic rings. The van der Waals surface area contributed by atoms with Crippen molar-refractivity contribution >= 4 is 11.7 Å². The van der Waals surface area contributed by atoms with E-state index < -0.39 is 0 Å². The van der Waals surface area contributed by atoms with E-state index in [0.29, 0.717) is 18.0 Å². The Labute approximate surface area is 140 Å². The van der Waals surface area contributed by atoms with Gasteiger partial charge in [0.2, 0.25) is 0 Å². The van der Waals surface area contributed by atoms with E-state index in [9.17, 15) is 4.79 Å². The summed E-state index contributed by atoms with van der Waals surface area (Å²) >= 11 is 0. The fraction of sp³-hybridized carbons (Fsp3) is 0.105. The van der Waals surface area contributed by atoms with Gasteiger partial charge in [0, 0.05) is 18.2 Å². The molecule has 24 heavy (non-hydrogen) atoms. The van der Waals surface area contributed by atoms with Gasteiger partial charge in [0.25, 0.3) is 5.91 Å². The Hall–Kier alpha value is -3.05. The molecule has 120 valence electrons. The van der Waals surface area contributed by atoms with Crippen molar-refractivity contribution in [2.45, 2.75) is 6.61 Å². The van der Waals surface area contributed by atoms with Crippen LogP contribution in [-0.4, -0.2) is 23.2 Å². The standard InChI is InChI=1S/C19H17N3O2/c1-24-13-15-9-5-6-10-16(15)19(23)20-18-12-11-17(21-22-18)14-7-3-2-4-8-14/h2-12H,13H2,1H3,(H,20,22,23). The number of hydrogen-bond donors (Lipinski definition) is 1. The number of hydrogen-bond acceptors (Lipinski definition) is 4. The molecule has 0 spiro atoms. The second-order valence-electron chi connectivity index (χ2n) is 5.21.